The summed E-state index contributed by atoms with van der Waals surface area (Å²) in [5.41, 5.74) is 1.87. The summed E-state index contributed by atoms with van der Waals surface area (Å²) in [5, 5.41) is 8.56. The normalized spacial score (nSPS) is 12.1. The number of hydrogen-bond donors (Lipinski definition) is 1. The summed E-state index contributed by atoms with van der Waals surface area (Å²) in [4.78, 5) is 0. The van der Waals surface area contributed by atoms with Crippen molar-refractivity contribution in [1.82, 2.24) is 15.1 Å². The average Bonchev–Trinajstić information content (AvgIpc) is 2.57. The fraction of sp³-hybridized carbons (Fsp3) is 0.750. The van der Waals surface area contributed by atoms with Gasteiger partial charge in [-0.15, -0.1) is 11.6 Å². The Morgan fingerprint density at radius 1 is 1.35 bits per heavy atom. The van der Waals surface area contributed by atoms with Crippen molar-refractivity contribution in [2.75, 3.05) is 5.88 Å². The summed E-state index contributed by atoms with van der Waals surface area (Å²) < 4.78 is 1.83. The van der Waals surface area contributed by atoms with Crippen molar-refractivity contribution in [2.24, 2.45) is 7.05 Å². The van der Waals surface area contributed by atoms with Crippen molar-refractivity contribution >= 4 is 23.2 Å². The maximum absolute atomic E-state index is 6.22. The zero-order valence-electron chi connectivity index (χ0n) is 11.0. The van der Waals surface area contributed by atoms with E-state index in [0.29, 0.717) is 12.4 Å². The van der Waals surface area contributed by atoms with Crippen molar-refractivity contribution in [3.63, 3.8) is 0 Å². The number of rotatable bonds is 6. The van der Waals surface area contributed by atoms with Crippen LogP contribution in [-0.2, 0) is 13.6 Å². The molecule has 98 valence electrons. The molecule has 3 nitrogen and oxygen atoms in total. The highest BCUT2D eigenvalue weighted by Gasteiger charge is 2.25. The zero-order chi connectivity index (χ0) is 13.1. The van der Waals surface area contributed by atoms with Crippen LogP contribution in [0, 0.1) is 6.92 Å². The van der Waals surface area contributed by atoms with Gasteiger partial charge in [0.2, 0.25) is 0 Å². The molecule has 0 aliphatic heterocycles. The maximum atomic E-state index is 6.22. The number of nitrogens with one attached hydrogen (secondary N) is 1. The van der Waals surface area contributed by atoms with Crippen LogP contribution in [-0.4, -0.2) is 21.2 Å². The lowest BCUT2D eigenvalue weighted by atomic mass is 9.95. The van der Waals surface area contributed by atoms with Gasteiger partial charge in [0.1, 0.15) is 0 Å². The van der Waals surface area contributed by atoms with Gasteiger partial charge in [0.05, 0.1) is 16.4 Å². The van der Waals surface area contributed by atoms with Crippen LogP contribution < -0.4 is 5.32 Å². The van der Waals surface area contributed by atoms with Crippen molar-refractivity contribution in [3.05, 3.63) is 16.4 Å². The standard InChI is InChI=1S/C12H21Cl2N3/c1-5-12(6-2,8-13)15-7-10-11(14)9(3)16-17(10)4/h15H,5-8H2,1-4H3. The minimum absolute atomic E-state index is 0.0109. The molecule has 0 radical (unpaired) electrons. The summed E-state index contributed by atoms with van der Waals surface area (Å²) in [6.07, 6.45) is 2.00. The maximum Gasteiger partial charge on any atom is 0.0860 e. The number of halogens is 2. The molecule has 1 aromatic heterocycles. The molecule has 0 spiro atoms. The molecule has 0 fully saturated rings. The van der Waals surface area contributed by atoms with E-state index < -0.39 is 0 Å². The summed E-state index contributed by atoms with van der Waals surface area (Å²) in [7, 11) is 1.91. The molecule has 0 unspecified atom stereocenters. The van der Waals surface area contributed by atoms with Crippen molar-refractivity contribution in [1.29, 1.82) is 0 Å². The Bertz CT molecular complexity index is 362. The van der Waals surface area contributed by atoms with E-state index >= 15 is 0 Å². The first-order chi connectivity index (χ1) is 7.99. The Morgan fingerprint density at radius 3 is 2.29 bits per heavy atom. The van der Waals surface area contributed by atoms with E-state index in [2.05, 4.69) is 24.3 Å². The third-order valence-electron chi connectivity index (χ3n) is 3.50. The molecule has 0 aliphatic rings. The smallest absolute Gasteiger partial charge is 0.0860 e. The third kappa shape index (κ3) is 3.15. The number of aryl methyl sites for hydroxylation is 2. The van der Waals surface area contributed by atoms with Gasteiger partial charge in [-0.05, 0) is 19.8 Å². The average molecular weight is 278 g/mol. The zero-order valence-corrected chi connectivity index (χ0v) is 12.5. The Morgan fingerprint density at radius 2 is 1.94 bits per heavy atom. The summed E-state index contributed by atoms with van der Waals surface area (Å²) >= 11 is 12.3. The van der Waals surface area contributed by atoms with Crippen molar-refractivity contribution in [2.45, 2.75) is 45.7 Å². The number of aromatic nitrogens is 2. The van der Waals surface area contributed by atoms with Crippen molar-refractivity contribution in [3.8, 4) is 0 Å². The van der Waals surface area contributed by atoms with E-state index in [0.717, 1.165) is 29.3 Å². The molecule has 1 aromatic rings. The summed E-state index contributed by atoms with van der Waals surface area (Å²) in [5.74, 6) is 0.606. The van der Waals surface area contributed by atoms with Crippen LogP contribution in [0.3, 0.4) is 0 Å². The number of nitrogens with zero attached hydrogens (tertiary/aromatic N) is 2. The fourth-order valence-corrected chi connectivity index (χ4v) is 2.58. The predicted octanol–water partition coefficient (Wildman–Crippen LogP) is 3.27. The Labute approximate surface area is 113 Å². The van der Waals surface area contributed by atoms with Crippen LogP contribution in [0.5, 0.6) is 0 Å². The lowest BCUT2D eigenvalue weighted by Crippen LogP contribution is -2.45. The minimum Gasteiger partial charge on any atom is -0.304 e. The molecule has 0 saturated carbocycles. The SMILES string of the molecule is CCC(CC)(CCl)NCc1c(Cl)c(C)nn1C. The number of hydrogen-bond acceptors (Lipinski definition) is 2. The Hall–Kier alpha value is -0.250. The second-order valence-electron chi connectivity index (χ2n) is 4.44. The van der Waals surface area contributed by atoms with Crippen LogP contribution >= 0.6 is 23.2 Å². The first kappa shape index (κ1) is 14.8. The molecule has 1 rings (SSSR count). The molecule has 0 saturated heterocycles. The molecule has 0 atom stereocenters. The summed E-state index contributed by atoms with van der Waals surface area (Å²) in [6.45, 7) is 6.91. The number of alkyl halides is 1. The molecule has 0 aromatic carbocycles. The van der Waals surface area contributed by atoms with Gasteiger partial charge in [-0.2, -0.15) is 5.10 Å². The molecule has 0 aliphatic carbocycles. The first-order valence-electron chi connectivity index (χ1n) is 5.98. The largest absolute Gasteiger partial charge is 0.304 e. The highest BCUT2D eigenvalue weighted by Crippen LogP contribution is 2.22. The van der Waals surface area contributed by atoms with Crippen LogP contribution in [0.2, 0.25) is 5.02 Å². The molecule has 0 amide bonds. The first-order valence-corrected chi connectivity index (χ1v) is 6.90. The van der Waals surface area contributed by atoms with Crippen molar-refractivity contribution < 1.29 is 0 Å². The van der Waals surface area contributed by atoms with Gasteiger partial charge in [-0.1, -0.05) is 25.4 Å². The van der Waals surface area contributed by atoms with E-state index in [1.165, 1.54) is 0 Å². The molecular formula is C12H21Cl2N3. The van der Waals surface area contributed by atoms with Gasteiger partial charge in [0.25, 0.3) is 0 Å². The van der Waals surface area contributed by atoms with E-state index in [-0.39, 0.29) is 5.54 Å². The summed E-state index contributed by atoms with van der Waals surface area (Å²) in [6, 6.07) is 0. The molecule has 1 N–H and O–H groups in total. The molecule has 0 bridgehead atoms. The highest BCUT2D eigenvalue weighted by atomic mass is 35.5. The predicted molar refractivity (Wildman–Crippen MR) is 73.8 cm³/mol. The molecule has 1 heterocycles. The van der Waals surface area contributed by atoms with Gasteiger partial charge >= 0.3 is 0 Å². The van der Waals surface area contributed by atoms with Gasteiger partial charge in [0.15, 0.2) is 0 Å². The van der Waals surface area contributed by atoms with Crippen LogP contribution in [0.1, 0.15) is 38.1 Å². The topological polar surface area (TPSA) is 29.9 Å². The van der Waals surface area contributed by atoms with E-state index in [1.54, 1.807) is 0 Å². The second-order valence-corrected chi connectivity index (χ2v) is 5.09. The van der Waals surface area contributed by atoms with Crippen LogP contribution in [0.25, 0.3) is 0 Å². The van der Waals surface area contributed by atoms with E-state index in [1.807, 2.05) is 18.7 Å². The Balaban J connectivity index is 2.79. The monoisotopic (exact) mass is 277 g/mol. The van der Waals surface area contributed by atoms with E-state index in [4.69, 9.17) is 23.2 Å². The van der Waals surface area contributed by atoms with Gasteiger partial charge < -0.3 is 5.32 Å². The third-order valence-corrected chi connectivity index (χ3v) is 4.51. The van der Waals surface area contributed by atoms with Crippen LogP contribution in [0.15, 0.2) is 0 Å². The van der Waals surface area contributed by atoms with Crippen LogP contribution in [0.4, 0.5) is 0 Å². The second kappa shape index (κ2) is 6.07. The molecule has 5 heteroatoms. The lowest BCUT2D eigenvalue weighted by Gasteiger charge is -2.30. The minimum atomic E-state index is -0.0109. The molecule has 17 heavy (non-hydrogen) atoms. The van der Waals surface area contributed by atoms with Gasteiger partial charge in [-0.3, -0.25) is 4.68 Å². The fourth-order valence-electron chi connectivity index (χ4n) is 1.88. The quantitative estimate of drug-likeness (QED) is 0.809. The molecular weight excluding hydrogens is 257 g/mol. The highest BCUT2D eigenvalue weighted by molar-refractivity contribution is 6.31. The Kier molecular flexibility index (Phi) is 5.29. The lowest BCUT2D eigenvalue weighted by molar-refractivity contribution is 0.330. The van der Waals surface area contributed by atoms with E-state index in [9.17, 15) is 0 Å². The van der Waals surface area contributed by atoms with Gasteiger partial charge in [0, 0.05) is 25.0 Å². The van der Waals surface area contributed by atoms with Gasteiger partial charge in [-0.25, -0.2) is 0 Å².